The van der Waals surface area contributed by atoms with Gasteiger partial charge in [-0.15, -0.1) is 0 Å². The van der Waals surface area contributed by atoms with E-state index in [-0.39, 0.29) is 11.0 Å². The van der Waals surface area contributed by atoms with Gasteiger partial charge in [-0.1, -0.05) is 6.07 Å². The van der Waals surface area contributed by atoms with Gasteiger partial charge in [-0.3, -0.25) is 4.79 Å². The fourth-order valence-electron chi connectivity index (χ4n) is 0.800. The first kappa shape index (κ1) is 14.8. The average molecular weight is 227 g/mol. The van der Waals surface area contributed by atoms with Gasteiger partial charge < -0.3 is 14.9 Å². The minimum Gasteiger partial charge on any atom is -0.423 e. The maximum absolute atomic E-state index is 12.8. The van der Waals surface area contributed by atoms with Crippen LogP contribution in [-0.4, -0.2) is 49.5 Å². The summed E-state index contributed by atoms with van der Waals surface area (Å²) in [5, 5.41) is 17.2. The molecule has 0 bridgehead atoms. The molecule has 1 rings (SSSR count). The molecule has 4 nitrogen and oxygen atoms in total. The fourth-order valence-corrected chi connectivity index (χ4v) is 0.800. The molecular weight excluding hydrogens is 212 g/mol. The molecule has 0 atom stereocenters. The minimum atomic E-state index is -1.71. The van der Waals surface area contributed by atoms with Crippen LogP contribution in [0.25, 0.3) is 0 Å². The van der Waals surface area contributed by atoms with E-state index in [1.807, 2.05) is 26.0 Å². The fraction of sp³-hybridized carbons (Fsp3) is 0.300. The molecule has 0 aliphatic rings. The summed E-state index contributed by atoms with van der Waals surface area (Å²) in [6.07, 6.45) is 0.364. The number of carbonyl (C=O) groups excluding carboxylic acids is 1. The molecule has 0 aliphatic heterocycles. The van der Waals surface area contributed by atoms with Crippen LogP contribution in [0.4, 0.5) is 4.39 Å². The molecule has 16 heavy (non-hydrogen) atoms. The predicted octanol–water partition coefficient (Wildman–Crippen LogP) is -0.504. The van der Waals surface area contributed by atoms with Gasteiger partial charge in [-0.25, -0.2) is 4.39 Å². The number of benzene rings is 1. The van der Waals surface area contributed by atoms with Crippen molar-refractivity contribution >= 4 is 18.9 Å². The van der Waals surface area contributed by atoms with E-state index in [1.54, 1.807) is 0 Å². The molecule has 0 aliphatic carbocycles. The van der Waals surface area contributed by atoms with Gasteiger partial charge >= 0.3 is 7.12 Å². The van der Waals surface area contributed by atoms with Crippen LogP contribution in [-0.2, 0) is 0 Å². The highest BCUT2D eigenvalue weighted by atomic mass is 19.1. The van der Waals surface area contributed by atoms with Crippen molar-refractivity contribution in [2.24, 2.45) is 0 Å². The standard InChI is InChI=1S/C7H6BFO3.C3H9N/c9-7-3-6(8(11)12)2-1-5(7)4-10;1-4(2)3/h1-4,11-12H;1-3H3. The topological polar surface area (TPSA) is 60.8 Å². The van der Waals surface area contributed by atoms with Crippen LogP contribution < -0.4 is 5.46 Å². The number of aldehydes is 1. The molecule has 88 valence electrons. The molecule has 0 saturated heterocycles. The highest BCUT2D eigenvalue weighted by Crippen LogP contribution is 2.01. The summed E-state index contributed by atoms with van der Waals surface area (Å²) in [5.41, 5.74) is -0.0718. The van der Waals surface area contributed by atoms with Crippen LogP contribution >= 0.6 is 0 Å². The molecule has 2 N–H and O–H groups in total. The number of carbonyl (C=O) groups is 1. The Morgan fingerprint density at radius 2 is 1.81 bits per heavy atom. The second-order valence-electron chi connectivity index (χ2n) is 3.61. The highest BCUT2D eigenvalue weighted by Gasteiger charge is 2.12. The molecule has 1 aromatic carbocycles. The highest BCUT2D eigenvalue weighted by molar-refractivity contribution is 6.58. The van der Waals surface area contributed by atoms with Crippen molar-refractivity contribution in [3.8, 4) is 0 Å². The lowest BCUT2D eigenvalue weighted by atomic mass is 9.80. The van der Waals surface area contributed by atoms with Gasteiger partial charge in [-0.05, 0) is 38.7 Å². The predicted molar refractivity (Wildman–Crippen MR) is 61.2 cm³/mol. The van der Waals surface area contributed by atoms with E-state index in [2.05, 4.69) is 0 Å². The normalized spacial score (nSPS) is 9.44. The Balaban J connectivity index is 0.000000487. The molecule has 0 heterocycles. The molecule has 1 aromatic rings. The molecule has 0 amide bonds. The molecule has 6 heteroatoms. The zero-order chi connectivity index (χ0) is 12.7. The van der Waals surface area contributed by atoms with Crippen molar-refractivity contribution in [2.75, 3.05) is 21.1 Å². The van der Waals surface area contributed by atoms with Crippen molar-refractivity contribution < 1.29 is 19.2 Å². The van der Waals surface area contributed by atoms with E-state index in [9.17, 15) is 9.18 Å². The van der Waals surface area contributed by atoms with Crippen molar-refractivity contribution in [3.63, 3.8) is 0 Å². The number of nitrogens with zero attached hydrogens (tertiary/aromatic N) is 1. The summed E-state index contributed by atoms with van der Waals surface area (Å²) in [7, 11) is 4.29. The van der Waals surface area contributed by atoms with Crippen LogP contribution in [0.2, 0.25) is 0 Å². The summed E-state index contributed by atoms with van der Waals surface area (Å²) >= 11 is 0. The third-order valence-corrected chi connectivity index (χ3v) is 1.45. The summed E-state index contributed by atoms with van der Waals surface area (Å²) in [6.45, 7) is 0. The van der Waals surface area contributed by atoms with Crippen LogP contribution in [0.3, 0.4) is 0 Å². The maximum Gasteiger partial charge on any atom is 0.488 e. The van der Waals surface area contributed by atoms with Gasteiger partial charge in [0.25, 0.3) is 0 Å². The third-order valence-electron chi connectivity index (χ3n) is 1.45. The van der Waals surface area contributed by atoms with E-state index in [4.69, 9.17) is 10.0 Å². The number of rotatable bonds is 2. The van der Waals surface area contributed by atoms with Gasteiger partial charge in [0.2, 0.25) is 0 Å². The lowest BCUT2D eigenvalue weighted by Gasteiger charge is -1.99. The van der Waals surface area contributed by atoms with Crippen LogP contribution in [0.5, 0.6) is 0 Å². The summed E-state index contributed by atoms with van der Waals surface area (Å²) in [4.78, 5) is 12.1. The van der Waals surface area contributed by atoms with Gasteiger partial charge in [0.15, 0.2) is 6.29 Å². The Morgan fingerprint density at radius 3 is 2.12 bits per heavy atom. The van der Waals surface area contributed by atoms with E-state index in [0.29, 0.717) is 6.29 Å². The Hall–Kier alpha value is -1.24. The lowest BCUT2D eigenvalue weighted by Crippen LogP contribution is -2.30. The summed E-state index contributed by atoms with van der Waals surface area (Å²) < 4.78 is 12.8. The van der Waals surface area contributed by atoms with Crippen LogP contribution in [0, 0.1) is 5.82 Å². The SMILES string of the molecule is CN(C)C.O=Cc1ccc(B(O)O)cc1F. The second kappa shape index (κ2) is 7.11. The zero-order valence-corrected chi connectivity index (χ0v) is 9.51. The van der Waals surface area contributed by atoms with Crippen molar-refractivity contribution in [1.29, 1.82) is 0 Å². The van der Waals surface area contributed by atoms with E-state index < -0.39 is 12.9 Å². The number of hydrogen-bond acceptors (Lipinski definition) is 4. The summed E-state index contributed by atoms with van der Waals surface area (Å²) in [6, 6.07) is 3.38. The first-order valence-electron chi connectivity index (χ1n) is 4.60. The zero-order valence-electron chi connectivity index (χ0n) is 9.51. The van der Waals surface area contributed by atoms with Crippen LogP contribution in [0.15, 0.2) is 18.2 Å². The molecule has 0 fully saturated rings. The van der Waals surface area contributed by atoms with Crippen LogP contribution in [0.1, 0.15) is 10.4 Å². The average Bonchev–Trinajstić information content (AvgIpc) is 2.16. The molecule has 0 radical (unpaired) electrons. The maximum atomic E-state index is 12.8. The van der Waals surface area contributed by atoms with Crippen molar-refractivity contribution in [3.05, 3.63) is 29.6 Å². The van der Waals surface area contributed by atoms with E-state index in [1.165, 1.54) is 12.1 Å². The molecule has 0 unspecified atom stereocenters. The Bertz CT molecular complexity index is 342. The minimum absolute atomic E-state index is 0.0260. The quantitative estimate of drug-likeness (QED) is 0.528. The molecule has 0 aromatic heterocycles. The molecular formula is C10H15BFNO3. The first-order valence-corrected chi connectivity index (χ1v) is 4.60. The Labute approximate surface area is 94.5 Å². The monoisotopic (exact) mass is 227 g/mol. The van der Waals surface area contributed by atoms with Gasteiger partial charge in [0.05, 0.1) is 0 Å². The third kappa shape index (κ3) is 5.60. The first-order chi connectivity index (χ1) is 7.38. The largest absolute Gasteiger partial charge is 0.488 e. The second-order valence-corrected chi connectivity index (χ2v) is 3.61. The van der Waals surface area contributed by atoms with Crippen molar-refractivity contribution in [2.45, 2.75) is 0 Å². The van der Waals surface area contributed by atoms with Gasteiger partial charge in [-0.2, -0.15) is 0 Å². The molecule has 0 saturated carbocycles. The van der Waals surface area contributed by atoms with Gasteiger partial charge in [0.1, 0.15) is 5.82 Å². The number of halogens is 1. The Morgan fingerprint density at radius 1 is 1.31 bits per heavy atom. The Kier molecular flexibility index (Phi) is 6.56. The molecule has 0 spiro atoms. The number of hydrogen-bond donors (Lipinski definition) is 2. The van der Waals surface area contributed by atoms with E-state index in [0.717, 1.165) is 6.07 Å². The summed E-state index contributed by atoms with van der Waals surface area (Å²) in [5.74, 6) is -0.754. The van der Waals surface area contributed by atoms with E-state index >= 15 is 0 Å². The van der Waals surface area contributed by atoms with Crippen molar-refractivity contribution in [1.82, 2.24) is 4.90 Å². The van der Waals surface area contributed by atoms with Gasteiger partial charge in [0, 0.05) is 5.56 Å². The smallest absolute Gasteiger partial charge is 0.423 e. The lowest BCUT2D eigenvalue weighted by molar-refractivity contribution is 0.112.